The molecule has 0 N–H and O–H groups in total. The standard InChI is InChI=1S/C16H19F3N4O2/c1-11-6-13(21-25-11)9-22-4-2-12(3-5-22)8-23-10-20-14(7-15(23)24)16(17,18)19/h6-7,10,12H,2-5,8-9H2,1H3. The largest absolute Gasteiger partial charge is 0.433 e. The maximum Gasteiger partial charge on any atom is 0.433 e. The summed E-state index contributed by atoms with van der Waals surface area (Å²) in [5.41, 5.74) is -0.923. The summed E-state index contributed by atoms with van der Waals surface area (Å²) in [5, 5.41) is 3.97. The second-order valence-corrected chi connectivity index (χ2v) is 6.41. The molecule has 9 heteroatoms. The lowest BCUT2D eigenvalue weighted by atomic mass is 9.96. The van der Waals surface area contributed by atoms with E-state index in [1.165, 1.54) is 4.57 Å². The minimum absolute atomic E-state index is 0.242. The highest BCUT2D eigenvalue weighted by Crippen LogP contribution is 2.26. The Morgan fingerprint density at radius 3 is 2.56 bits per heavy atom. The van der Waals surface area contributed by atoms with Crippen LogP contribution < -0.4 is 5.56 Å². The fourth-order valence-electron chi connectivity index (χ4n) is 3.04. The Hall–Kier alpha value is -2.16. The Kier molecular flexibility index (Phi) is 4.94. The van der Waals surface area contributed by atoms with Crippen LogP contribution in [-0.4, -0.2) is 32.7 Å². The van der Waals surface area contributed by atoms with E-state index >= 15 is 0 Å². The van der Waals surface area contributed by atoms with Gasteiger partial charge < -0.3 is 4.52 Å². The number of nitrogens with zero attached hydrogens (tertiary/aromatic N) is 4. The number of alkyl halides is 3. The molecule has 0 radical (unpaired) electrons. The van der Waals surface area contributed by atoms with Gasteiger partial charge in [-0.25, -0.2) is 4.98 Å². The second-order valence-electron chi connectivity index (χ2n) is 6.41. The molecule has 0 aromatic carbocycles. The van der Waals surface area contributed by atoms with Crippen LogP contribution in [0.15, 0.2) is 27.8 Å². The van der Waals surface area contributed by atoms with Crippen molar-refractivity contribution in [1.29, 1.82) is 0 Å². The van der Waals surface area contributed by atoms with E-state index < -0.39 is 17.4 Å². The zero-order valence-corrected chi connectivity index (χ0v) is 13.8. The molecular formula is C16H19F3N4O2. The monoisotopic (exact) mass is 356 g/mol. The molecule has 0 bridgehead atoms. The summed E-state index contributed by atoms with van der Waals surface area (Å²) in [5.74, 6) is 1.02. The molecule has 0 amide bonds. The predicted molar refractivity (Wildman–Crippen MR) is 82.7 cm³/mol. The van der Waals surface area contributed by atoms with E-state index in [1.807, 2.05) is 13.0 Å². The van der Waals surface area contributed by atoms with E-state index in [2.05, 4.69) is 15.0 Å². The van der Waals surface area contributed by atoms with Gasteiger partial charge in [-0.1, -0.05) is 5.16 Å². The summed E-state index contributed by atoms with van der Waals surface area (Å²) in [7, 11) is 0. The Morgan fingerprint density at radius 2 is 2.00 bits per heavy atom. The highest BCUT2D eigenvalue weighted by Gasteiger charge is 2.33. The summed E-state index contributed by atoms with van der Waals surface area (Å²) in [6.45, 7) is 4.64. The molecule has 1 saturated heterocycles. The molecule has 0 atom stereocenters. The van der Waals surface area contributed by atoms with Crippen LogP contribution in [0.5, 0.6) is 0 Å². The zero-order chi connectivity index (χ0) is 18.0. The molecule has 1 fully saturated rings. The lowest BCUT2D eigenvalue weighted by Gasteiger charge is -2.31. The molecule has 1 aliphatic rings. The maximum atomic E-state index is 12.6. The lowest BCUT2D eigenvalue weighted by Crippen LogP contribution is -2.36. The third kappa shape index (κ3) is 4.47. The highest BCUT2D eigenvalue weighted by molar-refractivity contribution is 5.04. The predicted octanol–water partition coefficient (Wildman–Crippen LogP) is 2.47. The van der Waals surface area contributed by atoms with Crippen LogP contribution in [-0.2, 0) is 19.3 Å². The molecule has 1 aliphatic heterocycles. The van der Waals surface area contributed by atoms with Crippen LogP contribution in [0.4, 0.5) is 13.2 Å². The van der Waals surface area contributed by atoms with Gasteiger partial charge >= 0.3 is 6.18 Å². The molecule has 25 heavy (non-hydrogen) atoms. The van der Waals surface area contributed by atoms with E-state index in [0.717, 1.165) is 43.7 Å². The molecule has 0 unspecified atom stereocenters. The van der Waals surface area contributed by atoms with Crippen molar-refractivity contribution >= 4 is 0 Å². The van der Waals surface area contributed by atoms with Gasteiger partial charge in [0.2, 0.25) is 0 Å². The SMILES string of the molecule is Cc1cc(CN2CCC(Cn3cnc(C(F)(F)F)cc3=O)CC2)no1. The van der Waals surface area contributed by atoms with Crippen molar-refractivity contribution < 1.29 is 17.7 Å². The third-order valence-corrected chi connectivity index (χ3v) is 4.39. The molecule has 3 heterocycles. The molecule has 136 valence electrons. The average molecular weight is 356 g/mol. The molecule has 0 saturated carbocycles. The number of aromatic nitrogens is 3. The van der Waals surface area contributed by atoms with Crippen molar-refractivity contribution in [2.75, 3.05) is 13.1 Å². The quantitative estimate of drug-likeness (QED) is 0.842. The summed E-state index contributed by atoms with van der Waals surface area (Å²) in [4.78, 5) is 17.5. The topological polar surface area (TPSA) is 64.2 Å². The molecule has 0 aliphatic carbocycles. The van der Waals surface area contributed by atoms with Crippen LogP contribution in [0.2, 0.25) is 0 Å². The zero-order valence-electron chi connectivity index (χ0n) is 13.8. The number of rotatable bonds is 4. The van der Waals surface area contributed by atoms with Crippen LogP contribution in [0.3, 0.4) is 0 Å². The first-order chi connectivity index (χ1) is 11.8. The van der Waals surface area contributed by atoms with Gasteiger partial charge in [0.1, 0.15) is 5.76 Å². The number of aryl methyl sites for hydroxylation is 1. The van der Waals surface area contributed by atoms with E-state index in [1.54, 1.807) is 0 Å². The van der Waals surface area contributed by atoms with Gasteiger partial charge in [0.05, 0.1) is 12.0 Å². The fraction of sp³-hybridized carbons (Fsp3) is 0.562. The molecule has 0 spiro atoms. The number of piperidine rings is 1. The number of hydrogen-bond donors (Lipinski definition) is 0. The smallest absolute Gasteiger partial charge is 0.361 e. The van der Waals surface area contributed by atoms with Crippen molar-refractivity contribution in [3.63, 3.8) is 0 Å². The van der Waals surface area contributed by atoms with Crippen LogP contribution >= 0.6 is 0 Å². The van der Waals surface area contributed by atoms with E-state index in [9.17, 15) is 18.0 Å². The minimum Gasteiger partial charge on any atom is -0.361 e. The normalized spacial score (nSPS) is 17.1. The summed E-state index contributed by atoms with van der Waals surface area (Å²) >= 11 is 0. The maximum absolute atomic E-state index is 12.6. The molecule has 2 aromatic rings. The van der Waals surface area contributed by atoms with Gasteiger partial charge in [-0.05, 0) is 38.8 Å². The average Bonchev–Trinajstić information content (AvgIpc) is 2.95. The lowest BCUT2D eigenvalue weighted by molar-refractivity contribution is -0.141. The molecular weight excluding hydrogens is 337 g/mol. The number of likely N-dealkylation sites (tertiary alicyclic amines) is 1. The van der Waals surface area contributed by atoms with Crippen LogP contribution in [0.25, 0.3) is 0 Å². The van der Waals surface area contributed by atoms with Crippen molar-refractivity contribution in [1.82, 2.24) is 19.6 Å². The van der Waals surface area contributed by atoms with Crippen molar-refractivity contribution in [2.24, 2.45) is 5.92 Å². The highest BCUT2D eigenvalue weighted by atomic mass is 19.4. The van der Waals surface area contributed by atoms with Gasteiger partial charge in [-0.3, -0.25) is 14.3 Å². The van der Waals surface area contributed by atoms with E-state index in [0.29, 0.717) is 19.2 Å². The van der Waals surface area contributed by atoms with Crippen molar-refractivity contribution in [3.8, 4) is 0 Å². The number of halogens is 3. The summed E-state index contributed by atoms with van der Waals surface area (Å²) < 4.78 is 44.0. The van der Waals surface area contributed by atoms with Gasteiger partial charge in [0, 0.05) is 25.2 Å². The summed E-state index contributed by atoms with van der Waals surface area (Å²) in [6.07, 6.45) is -1.87. The first kappa shape index (κ1) is 17.7. The molecule has 2 aromatic heterocycles. The minimum atomic E-state index is -4.59. The Balaban J connectivity index is 1.54. The Labute approximate surface area is 142 Å². The van der Waals surface area contributed by atoms with Crippen molar-refractivity contribution in [2.45, 2.75) is 39.0 Å². The Bertz CT molecular complexity index is 776. The second kappa shape index (κ2) is 6.99. The first-order valence-electron chi connectivity index (χ1n) is 8.09. The molecule has 6 nitrogen and oxygen atoms in total. The third-order valence-electron chi connectivity index (χ3n) is 4.39. The molecule has 3 rings (SSSR count). The fourth-order valence-corrected chi connectivity index (χ4v) is 3.04. The van der Waals surface area contributed by atoms with Gasteiger partial charge in [-0.2, -0.15) is 13.2 Å². The van der Waals surface area contributed by atoms with Gasteiger partial charge in [-0.15, -0.1) is 0 Å². The number of hydrogen-bond acceptors (Lipinski definition) is 5. The van der Waals surface area contributed by atoms with Gasteiger partial charge in [0.15, 0.2) is 5.69 Å². The van der Waals surface area contributed by atoms with Crippen LogP contribution in [0.1, 0.15) is 30.0 Å². The van der Waals surface area contributed by atoms with E-state index in [-0.39, 0.29) is 5.92 Å². The van der Waals surface area contributed by atoms with Crippen LogP contribution in [0, 0.1) is 12.8 Å². The summed E-state index contributed by atoms with van der Waals surface area (Å²) in [6, 6.07) is 2.46. The van der Waals surface area contributed by atoms with Gasteiger partial charge in [0.25, 0.3) is 5.56 Å². The van der Waals surface area contributed by atoms with E-state index in [4.69, 9.17) is 4.52 Å². The van der Waals surface area contributed by atoms with Crippen molar-refractivity contribution in [3.05, 3.63) is 46.0 Å². The Morgan fingerprint density at radius 1 is 1.28 bits per heavy atom. The first-order valence-corrected chi connectivity index (χ1v) is 8.09.